The molecule has 1 aliphatic heterocycles. The van der Waals surface area contributed by atoms with Gasteiger partial charge in [0.1, 0.15) is 5.82 Å². The fourth-order valence-corrected chi connectivity index (χ4v) is 3.31. The summed E-state index contributed by atoms with van der Waals surface area (Å²) in [5, 5.41) is 15.3. The summed E-state index contributed by atoms with van der Waals surface area (Å²) < 4.78 is 2.16. The summed E-state index contributed by atoms with van der Waals surface area (Å²) in [6.45, 7) is 1.74. The molecule has 1 aliphatic rings. The fourth-order valence-electron chi connectivity index (χ4n) is 3.11. The van der Waals surface area contributed by atoms with Gasteiger partial charge in [-0.2, -0.15) is 0 Å². The zero-order valence-corrected chi connectivity index (χ0v) is 15.3. The van der Waals surface area contributed by atoms with Crippen LogP contribution in [0.15, 0.2) is 18.2 Å². The lowest BCUT2D eigenvalue weighted by Crippen LogP contribution is -2.15. The van der Waals surface area contributed by atoms with Gasteiger partial charge in [0.15, 0.2) is 5.82 Å². The maximum absolute atomic E-state index is 12.0. The van der Waals surface area contributed by atoms with Gasteiger partial charge in [-0.1, -0.05) is 18.0 Å². The average Bonchev–Trinajstić information content (AvgIpc) is 2.85. The van der Waals surface area contributed by atoms with Crippen LogP contribution in [-0.4, -0.2) is 34.3 Å². The number of carbonyl (C=O) groups is 1. The summed E-state index contributed by atoms with van der Waals surface area (Å²) in [7, 11) is 1.88. The van der Waals surface area contributed by atoms with Gasteiger partial charge in [-0.05, 0) is 51.1 Å². The van der Waals surface area contributed by atoms with Gasteiger partial charge in [0, 0.05) is 30.6 Å². The van der Waals surface area contributed by atoms with Gasteiger partial charge in [-0.3, -0.25) is 4.79 Å². The van der Waals surface area contributed by atoms with Crippen molar-refractivity contribution in [3.05, 3.63) is 29.0 Å². The second-order valence-electron chi connectivity index (χ2n) is 6.35. The first-order valence-electron chi connectivity index (χ1n) is 8.85. The molecular formula is C18H24ClN5O. The predicted octanol–water partition coefficient (Wildman–Crippen LogP) is 3.26. The lowest BCUT2D eigenvalue weighted by molar-refractivity contribution is -0.116. The summed E-state index contributed by atoms with van der Waals surface area (Å²) >= 11 is 6.41. The maximum Gasteiger partial charge on any atom is 0.224 e. The van der Waals surface area contributed by atoms with Gasteiger partial charge < -0.3 is 15.2 Å². The van der Waals surface area contributed by atoms with E-state index in [0.29, 0.717) is 11.4 Å². The predicted molar refractivity (Wildman–Crippen MR) is 99.8 cm³/mol. The van der Waals surface area contributed by atoms with E-state index in [1.807, 2.05) is 19.2 Å². The number of hydrogen-bond acceptors (Lipinski definition) is 4. The Morgan fingerprint density at radius 3 is 3.00 bits per heavy atom. The van der Waals surface area contributed by atoms with Crippen LogP contribution >= 0.6 is 11.6 Å². The topological polar surface area (TPSA) is 71.8 Å². The molecular weight excluding hydrogens is 338 g/mol. The highest BCUT2D eigenvalue weighted by Crippen LogP contribution is 2.31. The minimum Gasteiger partial charge on any atom is -0.326 e. The normalized spacial score (nSPS) is 14.0. The molecule has 0 saturated heterocycles. The fraction of sp³-hybridized carbons (Fsp3) is 0.500. The summed E-state index contributed by atoms with van der Waals surface area (Å²) in [6, 6.07) is 5.51. The number of rotatable bonds is 6. The van der Waals surface area contributed by atoms with Gasteiger partial charge >= 0.3 is 0 Å². The van der Waals surface area contributed by atoms with E-state index in [2.05, 4.69) is 25.4 Å². The Morgan fingerprint density at radius 1 is 1.28 bits per heavy atom. The Morgan fingerprint density at radius 2 is 2.16 bits per heavy atom. The van der Waals surface area contributed by atoms with Gasteiger partial charge in [-0.25, -0.2) is 0 Å². The van der Waals surface area contributed by atoms with Crippen LogP contribution < -0.4 is 10.6 Å². The molecule has 6 nitrogen and oxygen atoms in total. The number of aromatic nitrogens is 3. The van der Waals surface area contributed by atoms with Crippen LogP contribution in [-0.2, 0) is 17.8 Å². The molecule has 0 atom stereocenters. The van der Waals surface area contributed by atoms with Crippen molar-refractivity contribution >= 4 is 23.2 Å². The SMILES string of the molecule is CNCCCC(=O)Nc1ccc(Cl)c(-c2nnc3n2CCCCC3)c1. The van der Waals surface area contributed by atoms with Crippen LogP contribution in [0.4, 0.5) is 5.69 Å². The highest BCUT2D eigenvalue weighted by molar-refractivity contribution is 6.33. The van der Waals surface area contributed by atoms with Crippen LogP contribution in [0.5, 0.6) is 0 Å². The highest BCUT2D eigenvalue weighted by Gasteiger charge is 2.18. The van der Waals surface area contributed by atoms with Crippen LogP contribution in [0.1, 0.15) is 37.9 Å². The van der Waals surface area contributed by atoms with Crippen molar-refractivity contribution in [3.63, 3.8) is 0 Å². The first kappa shape index (κ1) is 17.9. The zero-order chi connectivity index (χ0) is 17.6. The molecule has 0 bridgehead atoms. The van der Waals surface area contributed by atoms with Crippen LogP contribution in [0.3, 0.4) is 0 Å². The number of nitrogens with one attached hydrogen (secondary N) is 2. The van der Waals surface area contributed by atoms with Gasteiger partial charge in [0.05, 0.1) is 5.02 Å². The molecule has 2 N–H and O–H groups in total. The lowest BCUT2D eigenvalue weighted by atomic mass is 10.1. The van der Waals surface area contributed by atoms with E-state index in [1.165, 1.54) is 6.42 Å². The number of halogens is 1. The van der Waals surface area contributed by atoms with E-state index in [-0.39, 0.29) is 5.91 Å². The highest BCUT2D eigenvalue weighted by atomic mass is 35.5. The average molecular weight is 362 g/mol. The molecule has 2 heterocycles. The van der Waals surface area contributed by atoms with E-state index in [1.54, 1.807) is 6.07 Å². The molecule has 0 unspecified atom stereocenters. The standard InChI is InChI=1S/C18H24ClN5O/c1-20-10-5-7-17(25)21-13-8-9-15(19)14(12-13)18-23-22-16-6-3-2-4-11-24(16)18/h8-9,12,20H,2-7,10-11H2,1H3,(H,21,25). The second-order valence-corrected chi connectivity index (χ2v) is 6.76. The first-order valence-corrected chi connectivity index (χ1v) is 9.23. The van der Waals surface area contributed by atoms with E-state index >= 15 is 0 Å². The third kappa shape index (κ3) is 4.38. The van der Waals surface area contributed by atoms with E-state index in [4.69, 9.17) is 11.6 Å². The number of nitrogens with zero attached hydrogens (tertiary/aromatic N) is 3. The Labute approximate surface area is 153 Å². The summed E-state index contributed by atoms with van der Waals surface area (Å²) in [5.74, 6) is 1.81. The number of amides is 1. The Kier molecular flexibility index (Phi) is 6.04. The minimum atomic E-state index is 0.00333. The number of hydrogen-bond donors (Lipinski definition) is 2. The maximum atomic E-state index is 12.0. The van der Waals surface area contributed by atoms with Crippen molar-refractivity contribution in [2.45, 2.75) is 45.1 Å². The third-order valence-electron chi connectivity index (χ3n) is 4.43. The molecule has 7 heteroatoms. The summed E-state index contributed by atoms with van der Waals surface area (Å²) in [4.78, 5) is 12.0. The summed E-state index contributed by atoms with van der Waals surface area (Å²) in [6.07, 6.45) is 5.72. The Bertz CT molecular complexity index is 743. The van der Waals surface area contributed by atoms with Crippen molar-refractivity contribution < 1.29 is 4.79 Å². The van der Waals surface area contributed by atoms with Crippen LogP contribution in [0, 0.1) is 0 Å². The lowest BCUT2D eigenvalue weighted by Gasteiger charge is -2.11. The number of benzene rings is 1. The molecule has 0 saturated carbocycles. The van der Waals surface area contributed by atoms with Crippen molar-refractivity contribution in [1.82, 2.24) is 20.1 Å². The van der Waals surface area contributed by atoms with Crippen molar-refractivity contribution in [2.24, 2.45) is 0 Å². The molecule has 0 spiro atoms. The Hall–Kier alpha value is -1.92. The minimum absolute atomic E-state index is 0.00333. The molecule has 25 heavy (non-hydrogen) atoms. The number of carbonyl (C=O) groups excluding carboxylic acids is 1. The van der Waals surface area contributed by atoms with E-state index < -0.39 is 0 Å². The quantitative estimate of drug-likeness (QED) is 0.774. The zero-order valence-electron chi connectivity index (χ0n) is 14.5. The molecule has 134 valence electrons. The van der Waals surface area contributed by atoms with Gasteiger partial charge in [-0.15, -0.1) is 10.2 Å². The molecule has 3 rings (SSSR count). The Balaban J connectivity index is 1.81. The van der Waals surface area contributed by atoms with E-state index in [9.17, 15) is 4.79 Å². The third-order valence-corrected chi connectivity index (χ3v) is 4.76. The molecule has 0 radical (unpaired) electrons. The van der Waals surface area contributed by atoms with Crippen LogP contribution in [0.2, 0.25) is 5.02 Å². The monoisotopic (exact) mass is 361 g/mol. The molecule has 1 aromatic carbocycles. The van der Waals surface area contributed by atoms with Gasteiger partial charge in [0.25, 0.3) is 0 Å². The largest absolute Gasteiger partial charge is 0.326 e. The van der Waals surface area contributed by atoms with Gasteiger partial charge in [0.2, 0.25) is 5.91 Å². The van der Waals surface area contributed by atoms with E-state index in [0.717, 1.165) is 61.7 Å². The molecule has 0 aliphatic carbocycles. The molecule has 0 fully saturated rings. The molecule has 2 aromatic rings. The summed E-state index contributed by atoms with van der Waals surface area (Å²) in [5.41, 5.74) is 1.55. The molecule has 1 aromatic heterocycles. The number of anilines is 1. The van der Waals surface area contributed by atoms with Crippen molar-refractivity contribution in [2.75, 3.05) is 18.9 Å². The smallest absolute Gasteiger partial charge is 0.224 e. The van der Waals surface area contributed by atoms with Crippen LogP contribution in [0.25, 0.3) is 11.4 Å². The first-order chi connectivity index (χ1) is 12.2. The number of fused-ring (bicyclic) bond motifs is 1. The molecule has 1 amide bonds. The number of aryl methyl sites for hydroxylation is 1. The van der Waals surface area contributed by atoms with Crippen molar-refractivity contribution in [3.8, 4) is 11.4 Å². The second kappa shape index (κ2) is 8.45. The van der Waals surface area contributed by atoms with Crippen molar-refractivity contribution in [1.29, 1.82) is 0 Å².